The van der Waals surface area contributed by atoms with Crippen molar-refractivity contribution in [3.63, 3.8) is 0 Å². The van der Waals surface area contributed by atoms with Gasteiger partial charge in [0.2, 0.25) is 5.78 Å². The Morgan fingerprint density at radius 2 is 1.74 bits per heavy atom. The molecule has 0 fully saturated rings. The number of methoxy groups -OCH3 is 2. The lowest BCUT2D eigenvalue weighted by Crippen LogP contribution is -2.10. The molecule has 0 saturated carbocycles. The van der Waals surface area contributed by atoms with Gasteiger partial charge in [-0.1, -0.05) is 0 Å². The second-order valence-electron chi connectivity index (χ2n) is 6.96. The van der Waals surface area contributed by atoms with Crippen molar-refractivity contribution in [2.45, 2.75) is 13.8 Å². The first-order valence-corrected chi connectivity index (χ1v) is 10.4. The van der Waals surface area contributed by atoms with E-state index in [2.05, 4.69) is 0 Å². The smallest absolute Gasteiger partial charge is 0.343 e. The van der Waals surface area contributed by atoms with Crippen molar-refractivity contribution in [1.82, 2.24) is 0 Å². The van der Waals surface area contributed by atoms with Crippen LogP contribution < -0.4 is 18.9 Å². The van der Waals surface area contributed by atoms with Crippen molar-refractivity contribution in [3.8, 4) is 23.0 Å². The maximum absolute atomic E-state index is 12.8. The summed E-state index contributed by atoms with van der Waals surface area (Å²) in [6, 6.07) is 10.0. The largest absolute Gasteiger partial charge is 0.497 e. The van der Waals surface area contributed by atoms with Crippen molar-refractivity contribution >= 4 is 29.2 Å². The van der Waals surface area contributed by atoms with E-state index in [0.29, 0.717) is 34.1 Å². The van der Waals surface area contributed by atoms with E-state index in [-0.39, 0.29) is 17.1 Å². The predicted octanol–water partition coefficient (Wildman–Crippen LogP) is 5.22. The van der Waals surface area contributed by atoms with Gasteiger partial charge in [0, 0.05) is 22.6 Å². The summed E-state index contributed by atoms with van der Waals surface area (Å²) in [6.07, 6.45) is 1.75. The van der Waals surface area contributed by atoms with Crippen molar-refractivity contribution in [1.29, 1.82) is 0 Å². The van der Waals surface area contributed by atoms with Crippen LogP contribution in [0.15, 0.2) is 47.5 Å². The summed E-state index contributed by atoms with van der Waals surface area (Å²) in [5.41, 5.74) is 2.37. The number of benzene rings is 2. The van der Waals surface area contributed by atoms with Gasteiger partial charge in [0.05, 0.1) is 25.3 Å². The van der Waals surface area contributed by atoms with Crippen molar-refractivity contribution < 1.29 is 28.5 Å². The topological polar surface area (TPSA) is 71.1 Å². The average molecular weight is 436 g/mol. The Hall–Kier alpha value is -3.58. The van der Waals surface area contributed by atoms with Gasteiger partial charge in [-0.25, -0.2) is 4.79 Å². The molecule has 0 bridgehead atoms. The normalized spacial score (nSPS) is 13.7. The van der Waals surface area contributed by atoms with Crippen LogP contribution in [0.3, 0.4) is 0 Å². The van der Waals surface area contributed by atoms with Gasteiger partial charge < -0.3 is 18.9 Å². The number of ketones is 1. The SMILES string of the molecule is COc1cc(OC)cc(C(=O)Oc2ccc3c(c2C)O/C(=C\c2sccc2C)C3=O)c1. The van der Waals surface area contributed by atoms with Crippen LogP contribution in [0, 0.1) is 13.8 Å². The molecule has 0 N–H and O–H groups in total. The molecule has 4 rings (SSSR count). The van der Waals surface area contributed by atoms with Crippen molar-refractivity contribution in [2.24, 2.45) is 0 Å². The lowest BCUT2D eigenvalue weighted by Gasteiger charge is -2.11. The van der Waals surface area contributed by atoms with Crippen LogP contribution in [0.5, 0.6) is 23.0 Å². The number of esters is 1. The van der Waals surface area contributed by atoms with E-state index < -0.39 is 5.97 Å². The number of carbonyl (C=O) groups excluding carboxylic acids is 2. The maximum Gasteiger partial charge on any atom is 0.343 e. The zero-order chi connectivity index (χ0) is 22.1. The molecule has 1 aliphatic rings. The number of rotatable bonds is 5. The first kappa shape index (κ1) is 20.7. The summed E-state index contributed by atoms with van der Waals surface area (Å²) in [5.74, 6) is 1.15. The molecule has 1 aliphatic heterocycles. The van der Waals surface area contributed by atoms with Gasteiger partial charge in [0.1, 0.15) is 23.0 Å². The zero-order valence-electron chi connectivity index (χ0n) is 17.5. The monoisotopic (exact) mass is 436 g/mol. The van der Waals surface area contributed by atoms with Gasteiger partial charge in [0.15, 0.2) is 5.76 Å². The second kappa shape index (κ2) is 8.28. The Morgan fingerprint density at radius 1 is 1.03 bits per heavy atom. The van der Waals surface area contributed by atoms with Gasteiger partial charge in [0.25, 0.3) is 0 Å². The minimum atomic E-state index is -0.574. The molecule has 158 valence electrons. The number of thiophene rings is 1. The number of fused-ring (bicyclic) bond motifs is 1. The Labute approximate surface area is 183 Å². The number of carbonyl (C=O) groups is 2. The Bertz CT molecular complexity index is 1200. The lowest BCUT2D eigenvalue weighted by atomic mass is 10.1. The third-order valence-corrected chi connectivity index (χ3v) is 5.96. The standard InChI is InChI=1S/C24H20O6S/c1-13-7-8-31-21(13)12-20-22(25)18-5-6-19(14(2)23(18)29-20)30-24(26)15-9-16(27-3)11-17(10-15)28-4/h5-12H,1-4H3/b20-12-. The summed E-state index contributed by atoms with van der Waals surface area (Å²) in [7, 11) is 3.01. The molecule has 0 aliphatic carbocycles. The Morgan fingerprint density at radius 3 is 2.35 bits per heavy atom. The molecule has 1 aromatic heterocycles. The molecule has 3 aromatic rings. The molecule has 0 spiro atoms. The highest BCUT2D eigenvalue weighted by atomic mass is 32.1. The van der Waals surface area contributed by atoms with Crippen LogP contribution in [0.4, 0.5) is 0 Å². The molecular weight excluding hydrogens is 416 g/mol. The minimum absolute atomic E-state index is 0.193. The third kappa shape index (κ3) is 3.92. The van der Waals surface area contributed by atoms with Gasteiger partial charge in [-0.15, -0.1) is 11.3 Å². The summed E-state index contributed by atoms with van der Waals surface area (Å²) in [6.45, 7) is 3.73. The molecule has 0 amide bonds. The molecule has 7 heteroatoms. The number of ether oxygens (including phenoxy) is 4. The van der Waals surface area contributed by atoms with Crippen LogP contribution in [0.2, 0.25) is 0 Å². The van der Waals surface area contributed by atoms with E-state index in [1.54, 1.807) is 43.3 Å². The second-order valence-corrected chi connectivity index (χ2v) is 7.91. The first-order chi connectivity index (χ1) is 14.9. The highest BCUT2D eigenvalue weighted by molar-refractivity contribution is 7.11. The lowest BCUT2D eigenvalue weighted by molar-refractivity contribution is 0.0732. The molecule has 0 radical (unpaired) electrons. The molecular formula is C24H20O6S. The highest BCUT2D eigenvalue weighted by Gasteiger charge is 2.31. The van der Waals surface area contributed by atoms with Gasteiger partial charge in [-0.3, -0.25) is 4.79 Å². The van der Waals surface area contributed by atoms with Crippen LogP contribution in [0.1, 0.15) is 36.7 Å². The molecule has 2 aromatic carbocycles. The number of allylic oxidation sites excluding steroid dienone is 1. The molecule has 2 heterocycles. The van der Waals surface area contributed by atoms with Crippen molar-refractivity contribution in [2.75, 3.05) is 14.2 Å². The molecule has 0 saturated heterocycles. The van der Waals surface area contributed by atoms with Gasteiger partial charge in [-0.2, -0.15) is 0 Å². The van der Waals surface area contributed by atoms with Crippen LogP contribution in [-0.2, 0) is 0 Å². The van der Waals surface area contributed by atoms with E-state index >= 15 is 0 Å². The highest BCUT2D eigenvalue weighted by Crippen LogP contribution is 2.40. The van der Waals surface area contributed by atoms with Crippen LogP contribution in [-0.4, -0.2) is 26.0 Å². The molecule has 0 unspecified atom stereocenters. The minimum Gasteiger partial charge on any atom is -0.497 e. The quantitative estimate of drug-likeness (QED) is 0.310. The number of hydrogen-bond acceptors (Lipinski definition) is 7. The van der Waals surface area contributed by atoms with Crippen LogP contribution in [0.25, 0.3) is 6.08 Å². The molecule has 0 atom stereocenters. The molecule has 31 heavy (non-hydrogen) atoms. The van der Waals surface area contributed by atoms with E-state index in [1.165, 1.54) is 25.6 Å². The number of hydrogen-bond donors (Lipinski definition) is 0. The average Bonchev–Trinajstić information content (AvgIpc) is 3.33. The predicted molar refractivity (Wildman–Crippen MR) is 118 cm³/mol. The maximum atomic E-state index is 12.8. The third-order valence-electron chi connectivity index (χ3n) is 4.99. The fraction of sp³-hybridized carbons (Fsp3) is 0.167. The summed E-state index contributed by atoms with van der Waals surface area (Å²) >= 11 is 1.54. The Kier molecular flexibility index (Phi) is 5.52. The number of Topliss-reactive ketones (excluding diaryl/α,β-unsaturated/α-hetero) is 1. The Balaban J connectivity index is 1.62. The zero-order valence-corrected chi connectivity index (χ0v) is 18.3. The van der Waals surface area contributed by atoms with Gasteiger partial charge in [-0.05, 0) is 55.1 Å². The summed E-state index contributed by atoms with van der Waals surface area (Å²) in [4.78, 5) is 26.5. The van der Waals surface area contributed by atoms with Gasteiger partial charge >= 0.3 is 5.97 Å². The first-order valence-electron chi connectivity index (χ1n) is 9.48. The number of aryl methyl sites for hydroxylation is 1. The van der Waals surface area contributed by atoms with E-state index in [0.717, 1.165) is 10.4 Å². The van der Waals surface area contributed by atoms with E-state index in [1.807, 2.05) is 18.4 Å². The fourth-order valence-electron chi connectivity index (χ4n) is 3.21. The summed E-state index contributed by atoms with van der Waals surface area (Å²) in [5, 5.41) is 1.96. The summed E-state index contributed by atoms with van der Waals surface area (Å²) < 4.78 is 21.9. The van der Waals surface area contributed by atoms with E-state index in [4.69, 9.17) is 18.9 Å². The molecule has 6 nitrogen and oxygen atoms in total. The van der Waals surface area contributed by atoms with Crippen molar-refractivity contribution in [3.05, 3.63) is 74.7 Å². The fourth-order valence-corrected chi connectivity index (χ4v) is 4.06. The van der Waals surface area contributed by atoms with Crippen LogP contribution >= 0.6 is 11.3 Å². The van der Waals surface area contributed by atoms with E-state index in [9.17, 15) is 9.59 Å².